The Morgan fingerprint density at radius 2 is 2.13 bits per heavy atom. The van der Waals surface area contributed by atoms with E-state index in [4.69, 9.17) is 0 Å². The van der Waals surface area contributed by atoms with Crippen LogP contribution in [0.25, 0.3) is 5.57 Å². The van der Waals surface area contributed by atoms with Gasteiger partial charge in [-0.15, -0.1) is 0 Å². The summed E-state index contributed by atoms with van der Waals surface area (Å²) in [7, 11) is 1.52. The fraction of sp³-hybridized carbons (Fsp3) is 0.300. The van der Waals surface area contributed by atoms with Gasteiger partial charge in [0.1, 0.15) is 0 Å². The van der Waals surface area contributed by atoms with Gasteiger partial charge in [0.2, 0.25) is 0 Å². The van der Waals surface area contributed by atoms with Crippen molar-refractivity contribution in [3.05, 3.63) is 35.7 Å². The number of alkyl halides is 3. The molecule has 5 heteroatoms. The molecule has 0 N–H and O–H groups in total. The first-order chi connectivity index (χ1) is 6.98. The third-order valence-corrected chi connectivity index (χ3v) is 2.27. The van der Waals surface area contributed by atoms with Gasteiger partial charge in [0.05, 0.1) is 5.69 Å². The first-order valence-electron chi connectivity index (χ1n) is 4.46. The molecule has 0 atom stereocenters. The van der Waals surface area contributed by atoms with E-state index in [1.165, 1.54) is 11.7 Å². The van der Waals surface area contributed by atoms with Crippen LogP contribution in [0.3, 0.4) is 0 Å². The summed E-state index contributed by atoms with van der Waals surface area (Å²) < 4.78 is 38.3. The summed E-state index contributed by atoms with van der Waals surface area (Å²) in [6.07, 6.45) is 1.82. The molecule has 1 heterocycles. The number of rotatable bonds is 1. The van der Waals surface area contributed by atoms with Crippen molar-refractivity contribution in [1.29, 1.82) is 0 Å². The fourth-order valence-corrected chi connectivity index (χ4v) is 1.54. The molecule has 0 saturated heterocycles. The van der Waals surface area contributed by atoms with Crippen LogP contribution in [-0.4, -0.2) is 9.78 Å². The molecule has 1 aromatic heterocycles. The Balaban J connectivity index is 2.38. The van der Waals surface area contributed by atoms with Gasteiger partial charge in [-0.2, -0.15) is 18.3 Å². The molecule has 0 unspecified atom stereocenters. The van der Waals surface area contributed by atoms with Crippen molar-refractivity contribution in [1.82, 2.24) is 9.78 Å². The van der Waals surface area contributed by atoms with Crippen molar-refractivity contribution in [2.75, 3.05) is 0 Å². The Hall–Kier alpha value is -1.52. The van der Waals surface area contributed by atoms with Crippen LogP contribution >= 0.6 is 0 Å². The summed E-state index contributed by atoms with van der Waals surface area (Å²) in [5.41, 5.74) is 0.542. The molecule has 1 aromatic rings. The molecule has 0 spiro atoms. The van der Waals surface area contributed by atoms with Gasteiger partial charge in [0.15, 0.2) is 5.69 Å². The molecule has 2 nitrogen and oxygen atoms in total. The second-order valence-electron chi connectivity index (χ2n) is 3.36. The third kappa shape index (κ3) is 1.82. The molecule has 2 rings (SSSR count). The lowest BCUT2D eigenvalue weighted by atomic mass is 10.1. The largest absolute Gasteiger partial charge is 0.435 e. The number of nitrogens with zero attached hydrogens (tertiary/aromatic N) is 2. The summed E-state index contributed by atoms with van der Waals surface area (Å²) in [4.78, 5) is 0. The van der Waals surface area contributed by atoms with Crippen molar-refractivity contribution >= 4 is 5.57 Å². The second kappa shape index (κ2) is 3.25. The van der Waals surface area contributed by atoms with Gasteiger partial charge in [-0.25, -0.2) is 0 Å². The van der Waals surface area contributed by atoms with Crippen LogP contribution in [0, 0.1) is 0 Å². The third-order valence-electron chi connectivity index (χ3n) is 2.27. The average Bonchev–Trinajstić information content (AvgIpc) is 2.69. The molecule has 1 aliphatic rings. The molecule has 0 amide bonds. The second-order valence-corrected chi connectivity index (χ2v) is 3.36. The Morgan fingerprint density at radius 1 is 1.40 bits per heavy atom. The van der Waals surface area contributed by atoms with Crippen LogP contribution in [0.15, 0.2) is 24.3 Å². The van der Waals surface area contributed by atoms with E-state index in [0.717, 1.165) is 11.6 Å². The predicted octanol–water partition coefficient (Wildman–Crippen LogP) is 2.78. The molecule has 0 aliphatic heterocycles. The van der Waals surface area contributed by atoms with Gasteiger partial charge in [-0.1, -0.05) is 18.2 Å². The molecule has 0 bridgehead atoms. The van der Waals surface area contributed by atoms with Gasteiger partial charge in [-0.05, 0) is 18.1 Å². The number of aromatic nitrogens is 2. The van der Waals surface area contributed by atoms with Crippen LogP contribution in [0.5, 0.6) is 0 Å². The predicted molar refractivity (Wildman–Crippen MR) is 49.9 cm³/mol. The Kier molecular flexibility index (Phi) is 2.17. The molecule has 0 radical (unpaired) electrons. The fourth-order valence-electron chi connectivity index (χ4n) is 1.54. The Morgan fingerprint density at radius 3 is 2.60 bits per heavy atom. The first-order valence-corrected chi connectivity index (χ1v) is 4.46. The zero-order valence-electron chi connectivity index (χ0n) is 8.04. The van der Waals surface area contributed by atoms with E-state index in [1.54, 1.807) is 6.08 Å². The Labute approximate surface area is 84.7 Å². The van der Waals surface area contributed by atoms with Gasteiger partial charge >= 0.3 is 6.18 Å². The first kappa shape index (κ1) is 10.0. The number of hydrogen-bond acceptors (Lipinski definition) is 1. The topological polar surface area (TPSA) is 17.8 Å². The highest BCUT2D eigenvalue weighted by atomic mass is 19.4. The monoisotopic (exact) mass is 214 g/mol. The van der Waals surface area contributed by atoms with E-state index in [1.807, 2.05) is 12.2 Å². The zero-order chi connectivity index (χ0) is 11.1. The maximum atomic E-state index is 12.4. The van der Waals surface area contributed by atoms with Crippen molar-refractivity contribution < 1.29 is 13.2 Å². The van der Waals surface area contributed by atoms with Gasteiger partial charge in [0.25, 0.3) is 0 Å². The maximum Gasteiger partial charge on any atom is 0.435 e. The highest BCUT2D eigenvalue weighted by Crippen LogP contribution is 2.31. The van der Waals surface area contributed by atoms with Gasteiger partial charge < -0.3 is 0 Å². The summed E-state index contributed by atoms with van der Waals surface area (Å²) in [6.45, 7) is 0. The lowest BCUT2D eigenvalue weighted by Crippen LogP contribution is -2.06. The van der Waals surface area contributed by atoms with Gasteiger partial charge in [-0.3, -0.25) is 4.68 Å². The van der Waals surface area contributed by atoms with Crippen molar-refractivity contribution in [2.24, 2.45) is 7.05 Å². The number of aryl methyl sites for hydroxylation is 1. The summed E-state index contributed by atoms with van der Waals surface area (Å²) in [5.74, 6) is 0. The molecule has 0 saturated carbocycles. The smallest absolute Gasteiger partial charge is 0.268 e. The molecule has 0 fully saturated rings. The lowest BCUT2D eigenvalue weighted by molar-refractivity contribution is -0.141. The van der Waals surface area contributed by atoms with Crippen LogP contribution in [0.2, 0.25) is 0 Å². The number of hydrogen-bond donors (Lipinski definition) is 0. The van der Waals surface area contributed by atoms with Crippen LogP contribution in [0.4, 0.5) is 13.2 Å². The van der Waals surface area contributed by atoms with Crippen molar-refractivity contribution in [2.45, 2.75) is 12.6 Å². The minimum Gasteiger partial charge on any atom is -0.268 e. The normalized spacial score (nSPS) is 15.9. The van der Waals surface area contributed by atoms with Gasteiger partial charge in [0, 0.05) is 7.05 Å². The van der Waals surface area contributed by atoms with Crippen LogP contribution < -0.4 is 0 Å². The van der Waals surface area contributed by atoms with E-state index in [2.05, 4.69) is 5.10 Å². The number of halogens is 3. The molecular formula is C10H9F3N2. The molecular weight excluding hydrogens is 205 g/mol. The van der Waals surface area contributed by atoms with E-state index in [9.17, 15) is 13.2 Å². The lowest BCUT2D eigenvalue weighted by Gasteiger charge is -2.00. The standard InChI is InChI=1S/C10H9F3N2/c1-15-8(7-4-2-3-5-7)6-9(14-15)10(11,12)13/h2-4,6H,5H2,1H3. The minimum atomic E-state index is -4.37. The highest BCUT2D eigenvalue weighted by Gasteiger charge is 2.34. The van der Waals surface area contributed by atoms with Crippen molar-refractivity contribution in [3.63, 3.8) is 0 Å². The Bertz CT molecular complexity index is 438. The maximum absolute atomic E-state index is 12.4. The van der Waals surface area contributed by atoms with E-state index < -0.39 is 11.9 Å². The van der Waals surface area contributed by atoms with E-state index >= 15 is 0 Å². The quantitative estimate of drug-likeness (QED) is 0.702. The minimum absolute atomic E-state index is 0.521. The SMILES string of the molecule is Cn1nc(C(F)(F)F)cc1C1=CC=CC1. The molecule has 0 aromatic carbocycles. The van der Waals surface area contributed by atoms with E-state index in [-0.39, 0.29) is 0 Å². The highest BCUT2D eigenvalue weighted by molar-refractivity contribution is 5.68. The molecule has 1 aliphatic carbocycles. The van der Waals surface area contributed by atoms with Crippen molar-refractivity contribution in [3.8, 4) is 0 Å². The summed E-state index contributed by atoms with van der Waals surface area (Å²) >= 11 is 0. The average molecular weight is 214 g/mol. The summed E-state index contributed by atoms with van der Waals surface area (Å²) in [5, 5.41) is 3.45. The summed E-state index contributed by atoms with van der Waals surface area (Å²) in [6, 6.07) is 1.08. The van der Waals surface area contributed by atoms with Crippen LogP contribution in [-0.2, 0) is 13.2 Å². The van der Waals surface area contributed by atoms with E-state index in [0.29, 0.717) is 12.1 Å². The van der Waals surface area contributed by atoms with Crippen LogP contribution in [0.1, 0.15) is 17.8 Å². The molecule has 80 valence electrons. The zero-order valence-corrected chi connectivity index (χ0v) is 8.04. The number of allylic oxidation sites excluding steroid dienone is 4. The molecule has 15 heavy (non-hydrogen) atoms.